The zero-order valence-electron chi connectivity index (χ0n) is 12.5. The van der Waals surface area contributed by atoms with Gasteiger partial charge in [-0.05, 0) is 49.1 Å². The minimum absolute atomic E-state index is 0.0450. The van der Waals surface area contributed by atoms with E-state index in [4.69, 9.17) is 0 Å². The number of nitrogens with one attached hydrogen (secondary N) is 2. The Labute approximate surface area is 136 Å². The lowest BCUT2D eigenvalue weighted by Crippen LogP contribution is -2.37. The van der Waals surface area contributed by atoms with Crippen LogP contribution < -0.4 is 5.32 Å². The molecule has 0 bridgehead atoms. The maximum Gasteiger partial charge on any atom is 0.268 e. The predicted octanol–water partition coefficient (Wildman–Crippen LogP) is 2.04. The SMILES string of the molecule is O=C(NC1(c2nn[nH]n2)CC1)c1cc2sccc2n1CC1CC1. The fraction of sp³-hybridized carbons (Fsp3) is 0.467. The Morgan fingerprint density at radius 1 is 1.48 bits per heavy atom. The highest BCUT2D eigenvalue weighted by Gasteiger charge is 2.50. The van der Waals surface area contributed by atoms with Gasteiger partial charge in [-0.25, -0.2) is 0 Å². The van der Waals surface area contributed by atoms with Gasteiger partial charge in [-0.3, -0.25) is 4.79 Å². The number of nitrogens with zero attached hydrogens (tertiary/aromatic N) is 4. The van der Waals surface area contributed by atoms with E-state index in [2.05, 4.69) is 42.0 Å². The Balaban J connectivity index is 1.47. The van der Waals surface area contributed by atoms with Crippen LogP contribution in [0.5, 0.6) is 0 Å². The van der Waals surface area contributed by atoms with Crippen molar-refractivity contribution in [3.63, 3.8) is 0 Å². The minimum Gasteiger partial charge on any atom is -0.338 e. The summed E-state index contributed by atoms with van der Waals surface area (Å²) in [5, 5.41) is 19.4. The van der Waals surface area contributed by atoms with Gasteiger partial charge in [0.1, 0.15) is 11.2 Å². The maximum atomic E-state index is 12.9. The Kier molecular flexibility index (Phi) is 2.67. The second-order valence-electron chi connectivity index (χ2n) is 6.53. The number of hydrogen-bond acceptors (Lipinski definition) is 5. The molecule has 2 saturated carbocycles. The van der Waals surface area contributed by atoms with Crippen LogP contribution in [0.25, 0.3) is 10.2 Å². The zero-order chi connectivity index (χ0) is 15.4. The van der Waals surface area contributed by atoms with E-state index < -0.39 is 5.54 Å². The third-order valence-electron chi connectivity index (χ3n) is 4.77. The normalized spacial score (nSPS) is 19.1. The second kappa shape index (κ2) is 4.64. The van der Waals surface area contributed by atoms with Crippen LogP contribution in [0.4, 0.5) is 0 Å². The van der Waals surface area contributed by atoms with Crippen LogP contribution in [0, 0.1) is 5.92 Å². The molecule has 0 atom stereocenters. The van der Waals surface area contributed by atoms with Gasteiger partial charge in [0.05, 0.1) is 10.2 Å². The van der Waals surface area contributed by atoms with E-state index in [1.54, 1.807) is 11.3 Å². The minimum atomic E-state index is -0.438. The zero-order valence-corrected chi connectivity index (χ0v) is 13.3. The van der Waals surface area contributed by atoms with Crippen molar-refractivity contribution in [2.75, 3.05) is 0 Å². The number of aromatic amines is 1. The average molecular weight is 328 g/mol. The molecular weight excluding hydrogens is 312 g/mol. The molecule has 0 radical (unpaired) electrons. The van der Waals surface area contributed by atoms with Gasteiger partial charge in [0.15, 0.2) is 5.82 Å². The Hall–Kier alpha value is -2.22. The Bertz CT molecular complexity index is 871. The number of amides is 1. The van der Waals surface area contributed by atoms with Crippen molar-refractivity contribution >= 4 is 27.5 Å². The van der Waals surface area contributed by atoms with Crippen molar-refractivity contribution in [1.82, 2.24) is 30.5 Å². The third kappa shape index (κ3) is 2.16. The molecule has 3 aromatic rings. The molecule has 3 heterocycles. The first-order chi connectivity index (χ1) is 11.3. The molecule has 0 unspecified atom stereocenters. The number of fused-ring (bicyclic) bond motifs is 1. The molecule has 3 aromatic heterocycles. The maximum absolute atomic E-state index is 12.9. The molecule has 2 N–H and O–H groups in total. The van der Waals surface area contributed by atoms with Gasteiger partial charge < -0.3 is 9.88 Å². The first-order valence-electron chi connectivity index (χ1n) is 7.88. The lowest BCUT2D eigenvalue weighted by molar-refractivity contribution is 0.0919. The molecular formula is C15H16N6OS. The van der Waals surface area contributed by atoms with Crippen LogP contribution >= 0.6 is 11.3 Å². The van der Waals surface area contributed by atoms with Crippen LogP contribution in [-0.4, -0.2) is 31.1 Å². The molecule has 2 aliphatic rings. The van der Waals surface area contributed by atoms with E-state index in [0.29, 0.717) is 11.7 Å². The first-order valence-corrected chi connectivity index (χ1v) is 8.76. The third-order valence-corrected chi connectivity index (χ3v) is 5.62. The Morgan fingerprint density at radius 2 is 2.35 bits per heavy atom. The van der Waals surface area contributed by atoms with E-state index in [-0.39, 0.29) is 5.91 Å². The largest absolute Gasteiger partial charge is 0.338 e. The van der Waals surface area contributed by atoms with Crippen LogP contribution in [-0.2, 0) is 12.1 Å². The molecule has 5 rings (SSSR count). The highest BCUT2D eigenvalue weighted by Crippen LogP contribution is 2.44. The lowest BCUT2D eigenvalue weighted by atomic mass is 10.2. The molecule has 7 nitrogen and oxygen atoms in total. The number of tetrazole rings is 1. The fourth-order valence-corrected chi connectivity index (χ4v) is 3.92. The summed E-state index contributed by atoms with van der Waals surface area (Å²) < 4.78 is 3.34. The van der Waals surface area contributed by atoms with Gasteiger partial charge >= 0.3 is 0 Å². The first kappa shape index (κ1) is 13.2. The fourth-order valence-electron chi connectivity index (χ4n) is 3.10. The average Bonchev–Trinajstić information content (AvgIpc) is 3.33. The Morgan fingerprint density at radius 3 is 3.04 bits per heavy atom. The van der Waals surface area contributed by atoms with E-state index in [1.807, 2.05) is 6.07 Å². The van der Waals surface area contributed by atoms with Gasteiger partial charge in [-0.1, -0.05) is 5.21 Å². The van der Waals surface area contributed by atoms with Crippen LogP contribution in [0.3, 0.4) is 0 Å². The highest BCUT2D eigenvalue weighted by atomic mass is 32.1. The summed E-state index contributed by atoms with van der Waals surface area (Å²) in [5.74, 6) is 1.24. The summed E-state index contributed by atoms with van der Waals surface area (Å²) in [6.07, 6.45) is 4.24. The van der Waals surface area contributed by atoms with Crippen molar-refractivity contribution in [3.05, 3.63) is 29.0 Å². The van der Waals surface area contributed by atoms with E-state index in [1.165, 1.54) is 17.5 Å². The van der Waals surface area contributed by atoms with Crippen LogP contribution in [0.15, 0.2) is 17.5 Å². The summed E-state index contributed by atoms with van der Waals surface area (Å²) in [5.41, 5.74) is 1.47. The standard InChI is InChI=1S/C15H16N6OS/c22-13(16-15(4-5-15)14-17-19-20-18-14)11-7-12-10(3-6-23-12)21(11)8-9-1-2-9/h3,6-7,9H,1-2,4-5,8H2,(H,16,22)(H,17,18,19,20). The van der Waals surface area contributed by atoms with Gasteiger partial charge in [-0.15, -0.1) is 21.5 Å². The van der Waals surface area contributed by atoms with Crippen molar-refractivity contribution in [2.24, 2.45) is 5.92 Å². The topological polar surface area (TPSA) is 88.5 Å². The number of carbonyl (C=O) groups excluding carboxylic acids is 1. The molecule has 0 aliphatic heterocycles. The summed E-state index contributed by atoms with van der Waals surface area (Å²) in [6.45, 7) is 0.929. The van der Waals surface area contributed by atoms with Crippen LogP contribution in [0.1, 0.15) is 42.0 Å². The number of H-pyrrole nitrogens is 1. The summed E-state index contributed by atoms with van der Waals surface area (Å²) in [7, 11) is 0. The summed E-state index contributed by atoms with van der Waals surface area (Å²) in [6, 6.07) is 4.11. The summed E-state index contributed by atoms with van der Waals surface area (Å²) >= 11 is 1.68. The number of carbonyl (C=O) groups is 1. The van der Waals surface area contributed by atoms with E-state index in [0.717, 1.165) is 30.6 Å². The number of aromatic nitrogens is 5. The molecule has 0 aromatic carbocycles. The quantitative estimate of drug-likeness (QED) is 0.750. The van der Waals surface area contributed by atoms with Gasteiger partial charge in [-0.2, -0.15) is 5.21 Å². The van der Waals surface area contributed by atoms with Gasteiger partial charge in [0.25, 0.3) is 5.91 Å². The van der Waals surface area contributed by atoms with E-state index >= 15 is 0 Å². The predicted molar refractivity (Wildman–Crippen MR) is 85.1 cm³/mol. The van der Waals surface area contributed by atoms with Crippen molar-refractivity contribution < 1.29 is 4.79 Å². The van der Waals surface area contributed by atoms with Crippen molar-refractivity contribution in [3.8, 4) is 0 Å². The molecule has 2 aliphatic carbocycles. The summed E-state index contributed by atoms with van der Waals surface area (Å²) in [4.78, 5) is 12.9. The van der Waals surface area contributed by atoms with Gasteiger partial charge in [0.2, 0.25) is 0 Å². The molecule has 8 heteroatoms. The molecule has 23 heavy (non-hydrogen) atoms. The molecule has 0 spiro atoms. The monoisotopic (exact) mass is 328 g/mol. The molecule has 0 saturated heterocycles. The lowest BCUT2D eigenvalue weighted by Gasteiger charge is -2.15. The smallest absolute Gasteiger partial charge is 0.268 e. The van der Waals surface area contributed by atoms with Crippen molar-refractivity contribution in [1.29, 1.82) is 0 Å². The number of rotatable bonds is 5. The highest BCUT2D eigenvalue weighted by molar-refractivity contribution is 7.17. The van der Waals surface area contributed by atoms with Crippen molar-refractivity contribution in [2.45, 2.75) is 37.8 Å². The second-order valence-corrected chi connectivity index (χ2v) is 7.47. The molecule has 1 amide bonds. The van der Waals surface area contributed by atoms with E-state index in [9.17, 15) is 4.79 Å². The number of thiophene rings is 1. The number of hydrogen-bond donors (Lipinski definition) is 2. The molecule has 118 valence electrons. The van der Waals surface area contributed by atoms with Crippen LogP contribution in [0.2, 0.25) is 0 Å². The molecule has 2 fully saturated rings. The van der Waals surface area contributed by atoms with Gasteiger partial charge in [0, 0.05) is 6.54 Å².